The molecule has 1 rings (SSSR count). The van der Waals surface area contributed by atoms with Crippen molar-refractivity contribution >= 4 is 11.8 Å². The predicted molar refractivity (Wildman–Crippen MR) is 45.1 cm³/mol. The van der Waals surface area contributed by atoms with E-state index < -0.39 is 5.97 Å². The van der Waals surface area contributed by atoms with E-state index in [1.807, 2.05) is 0 Å². The van der Waals surface area contributed by atoms with Crippen molar-refractivity contribution in [2.45, 2.75) is 13.8 Å². The summed E-state index contributed by atoms with van der Waals surface area (Å²) < 4.78 is 0. The Morgan fingerprint density at radius 2 is 2.17 bits per heavy atom. The quantitative estimate of drug-likeness (QED) is 0.652. The minimum atomic E-state index is -1.03. The lowest BCUT2D eigenvalue weighted by Crippen LogP contribution is -2.07. The minimum Gasteiger partial charge on any atom is -0.478 e. The third-order valence-corrected chi connectivity index (χ3v) is 1.59. The van der Waals surface area contributed by atoms with Gasteiger partial charge in [-0.1, -0.05) is 0 Å². The Labute approximate surface area is 70.0 Å². The highest BCUT2D eigenvalue weighted by Gasteiger charge is 2.12. The third kappa shape index (κ3) is 1.37. The average molecular weight is 166 g/mol. The minimum absolute atomic E-state index is 0.0833. The molecule has 0 radical (unpaired) electrons. The van der Waals surface area contributed by atoms with Crippen LogP contribution in [0, 0.1) is 13.8 Å². The van der Waals surface area contributed by atoms with Crippen LogP contribution in [0.2, 0.25) is 0 Å². The fourth-order valence-corrected chi connectivity index (χ4v) is 1.14. The van der Waals surface area contributed by atoms with Crippen LogP contribution in [-0.4, -0.2) is 16.1 Å². The molecule has 0 aliphatic carbocycles. The monoisotopic (exact) mass is 166 g/mol. The molecule has 0 aliphatic heterocycles. The second-order valence-corrected chi connectivity index (χ2v) is 2.65. The van der Waals surface area contributed by atoms with E-state index in [-0.39, 0.29) is 11.4 Å². The molecular formula is C8H10N2O2. The fourth-order valence-electron chi connectivity index (χ4n) is 1.14. The summed E-state index contributed by atoms with van der Waals surface area (Å²) in [5.74, 6) is -0.947. The van der Waals surface area contributed by atoms with Crippen LogP contribution in [-0.2, 0) is 0 Å². The van der Waals surface area contributed by atoms with E-state index in [1.165, 1.54) is 0 Å². The lowest BCUT2D eigenvalue weighted by Gasteiger charge is -2.04. The SMILES string of the molecule is Cc1cc(C)c(C(=O)O)c(N)n1. The number of carboxylic acids is 1. The van der Waals surface area contributed by atoms with Gasteiger partial charge in [0.05, 0.1) is 0 Å². The Bertz CT molecular complexity index is 311. The predicted octanol–water partition coefficient (Wildman–Crippen LogP) is 0.979. The number of hydrogen-bond acceptors (Lipinski definition) is 3. The van der Waals surface area contributed by atoms with Crippen molar-refractivity contribution < 1.29 is 9.90 Å². The molecule has 0 atom stereocenters. The maximum absolute atomic E-state index is 10.6. The third-order valence-electron chi connectivity index (χ3n) is 1.59. The summed E-state index contributed by atoms with van der Waals surface area (Å²) in [5.41, 5.74) is 6.91. The first kappa shape index (κ1) is 8.52. The molecule has 0 aliphatic rings. The van der Waals surface area contributed by atoms with E-state index in [4.69, 9.17) is 10.8 Å². The zero-order chi connectivity index (χ0) is 9.30. The molecule has 0 aromatic carbocycles. The molecule has 4 heteroatoms. The van der Waals surface area contributed by atoms with Gasteiger partial charge in [-0.25, -0.2) is 9.78 Å². The zero-order valence-corrected chi connectivity index (χ0v) is 6.96. The summed E-state index contributed by atoms with van der Waals surface area (Å²) in [5, 5.41) is 8.72. The van der Waals surface area contributed by atoms with Gasteiger partial charge in [-0.05, 0) is 25.5 Å². The summed E-state index contributed by atoms with van der Waals surface area (Å²) in [6.07, 6.45) is 0. The van der Waals surface area contributed by atoms with E-state index in [9.17, 15) is 4.79 Å². The molecule has 1 heterocycles. The lowest BCUT2D eigenvalue weighted by atomic mass is 10.1. The van der Waals surface area contributed by atoms with Crippen LogP contribution in [0.4, 0.5) is 5.82 Å². The van der Waals surface area contributed by atoms with Gasteiger partial charge in [0.25, 0.3) is 0 Å². The van der Waals surface area contributed by atoms with Gasteiger partial charge in [-0.2, -0.15) is 0 Å². The maximum atomic E-state index is 10.6. The van der Waals surface area contributed by atoms with Gasteiger partial charge >= 0.3 is 5.97 Å². The molecular weight excluding hydrogens is 156 g/mol. The summed E-state index contributed by atoms with van der Waals surface area (Å²) >= 11 is 0. The van der Waals surface area contributed by atoms with Gasteiger partial charge in [-0.15, -0.1) is 0 Å². The number of pyridine rings is 1. The summed E-state index contributed by atoms with van der Waals surface area (Å²) in [6.45, 7) is 3.48. The molecule has 0 unspecified atom stereocenters. The van der Waals surface area contributed by atoms with Crippen LogP contribution in [0.25, 0.3) is 0 Å². The van der Waals surface area contributed by atoms with Gasteiger partial charge in [-0.3, -0.25) is 0 Å². The molecule has 4 nitrogen and oxygen atoms in total. The molecule has 64 valence electrons. The number of carboxylic acid groups (broad SMARTS) is 1. The molecule has 0 bridgehead atoms. The largest absolute Gasteiger partial charge is 0.478 e. The van der Waals surface area contributed by atoms with Crippen LogP contribution in [0.15, 0.2) is 6.07 Å². The second kappa shape index (κ2) is 2.81. The highest BCUT2D eigenvalue weighted by Crippen LogP contribution is 2.14. The van der Waals surface area contributed by atoms with Crippen molar-refractivity contribution in [2.24, 2.45) is 0 Å². The van der Waals surface area contributed by atoms with E-state index in [2.05, 4.69) is 4.98 Å². The number of nitrogen functional groups attached to an aromatic ring is 1. The molecule has 0 amide bonds. The smallest absolute Gasteiger partial charge is 0.339 e. The Morgan fingerprint density at radius 3 is 2.58 bits per heavy atom. The first-order valence-corrected chi connectivity index (χ1v) is 3.49. The van der Waals surface area contributed by atoms with Gasteiger partial charge in [0.15, 0.2) is 0 Å². The number of nitrogens with zero attached hydrogens (tertiary/aromatic N) is 1. The first-order chi connectivity index (χ1) is 5.52. The number of nitrogens with two attached hydrogens (primary N) is 1. The summed E-state index contributed by atoms with van der Waals surface area (Å²) in [4.78, 5) is 14.5. The second-order valence-electron chi connectivity index (χ2n) is 2.65. The van der Waals surface area contributed by atoms with Crippen molar-refractivity contribution in [1.29, 1.82) is 0 Å². The number of aryl methyl sites for hydroxylation is 2. The van der Waals surface area contributed by atoms with Crippen molar-refractivity contribution in [3.8, 4) is 0 Å². The van der Waals surface area contributed by atoms with Crippen molar-refractivity contribution in [1.82, 2.24) is 4.98 Å². The number of carbonyl (C=O) groups is 1. The Hall–Kier alpha value is -1.58. The van der Waals surface area contributed by atoms with Crippen LogP contribution >= 0.6 is 0 Å². The average Bonchev–Trinajstić information content (AvgIpc) is 1.82. The van der Waals surface area contributed by atoms with E-state index in [0.717, 1.165) is 5.69 Å². The molecule has 1 aromatic rings. The molecule has 0 fully saturated rings. The van der Waals surface area contributed by atoms with E-state index in [0.29, 0.717) is 5.56 Å². The normalized spacial score (nSPS) is 9.83. The molecule has 0 saturated heterocycles. The Morgan fingerprint density at radius 1 is 1.58 bits per heavy atom. The van der Waals surface area contributed by atoms with Crippen LogP contribution in [0.3, 0.4) is 0 Å². The van der Waals surface area contributed by atoms with Gasteiger partial charge in [0.1, 0.15) is 11.4 Å². The molecule has 3 N–H and O–H groups in total. The molecule has 0 saturated carbocycles. The Kier molecular flexibility index (Phi) is 1.99. The topological polar surface area (TPSA) is 76.2 Å². The number of aromatic carboxylic acids is 1. The van der Waals surface area contributed by atoms with Crippen molar-refractivity contribution in [3.63, 3.8) is 0 Å². The van der Waals surface area contributed by atoms with Crippen LogP contribution in [0.1, 0.15) is 21.6 Å². The maximum Gasteiger partial charge on any atom is 0.339 e. The first-order valence-electron chi connectivity index (χ1n) is 3.49. The van der Waals surface area contributed by atoms with Crippen LogP contribution < -0.4 is 5.73 Å². The standard InChI is InChI=1S/C8H10N2O2/c1-4-3-5(2)10-7(9)6(4)8(11)12/h3H,1-2H3,(H2,9,10)(H,11,12). The Balaban J connectivity index is 3.38. The number of hydrogen-bond donors (Lipinski definition) is 2. The van der Waals surface area contributed by atoms with Crippen LogP contribution in [0.5, 0.6) is 0 Å². The number of anilines is 1. The highest BCUT2D eigenvalue weighted by molar-refractivity contribution is 5.94. The highest BCUT2D eigenvalue weighted by atomic mass is 16.4. The zero-order valence-electron chi connectivity index (χ0n) is 6.96. The van der Waals surface area contributed by atoms with Gasteiger partial charge < -0.3 is 10.8 Å². The van der Waals surface area contributed by atoms with Crippen molar-refractivity contribution in [2.75, 3.05) is 5.73 Å². The number of aromatic nitrogens is 1. The molecule has 0 spiro atoms. The van der Waals surface area contributed by atoms with Gasteiger partial charge in [0, 0.05) is 5.69 Å². The fraction of sp³-hybridized carbons (Fsp3) is 0.250. The number of rotatable bonds is 1. The van der Waals surface area contributed by atoms with E-state index in [1.54, 1.807) is 19.9 Å². The molecule has 12 heavy (non-hydrogen) atoms. The summed E-state index contributed by atoms with van der Waals surface area (Å²) in [7, 11) is 0. The van der Waals surface area contributed by atoms with Crippen molar-refractivity contribution in [3.05, 3.63) is 22.9 Å². The van der Waals surface area contributed by atoms with E-state index >= 15 is 0 Å². The van der Waals surface area contributed by atoms with Gasteiger partial charge in [0.2, 0.25) is 0 Å². The summed E-state index contributed by atoms with van der Waals surface area (Å²) in [6, 6.07) is 1.69. The lowest BCUT2D eigenvalue weighted by molar-refractivity contribution is 0.0697. The molecule has 1 aromatic heterocycles.